The van der Waals surface area contributed by atoms with E-state index in [0.29, 0.717) is 24.0 Å². The second-order valence-electron chi connectivity index (χ2n) is 3.84. The van der Waals surface area contributed by atoms with Gasteiger partial charge in [0.2, 0.25) is 5.88 Å². The highest BCUT2D eigenvalue weighted by Gasteiger charge is 2.01. The summed E-state index contributed by atoms with van der Waals surface area (Å²) in [5, 5.41) is 7.85. The lowest BCUT2D eigenvalue weighted by molar-refractivity contribution is 0.376. The minimum atomic E-state index is -0.165. The highest BCUT2D eigenvalue weighted by molar-refractivity contribution is 6.33. The van der Waals surface area contributed by atoms with Gasteiger partial charge in [0, 0.05) is 18.7 Å². The Hall–Kier alpha value is -2.01. The van der Waals surface area contributed by atoms with Gasteiger partial charge >= 0.3 is 0 Å². The van der Waals surface area contributed by atoms with Gasteiger partial charge in [-0.1, -0.05) is 23.7 Å². The molecule has 0 fully saturated rings. The molecule has 0 amide bonds. The van der Waals surface area contributed by atoms with Crippen LogP contribution in [0.3, 0.4) is 0 Å². The number of nitrogens with zero attached hydrogens (tertiary/aromatic N) is 2. The first-order valence-corrected chi connectivity index (χ1v) is 6.19. The molecule has 0 saturated carbocycles. The molecule has 5 nitrogen and oxygen atoms in total. The van der Waals surface area contributed by atoms with Crippen LogP contribution < -0.4 is 15.6 Å². The van der Waals surface area contributed by atoms with E-state index < -0.39 is 0 Å². The van der Waals surface area contributed by atoms with Crippen LogP contribution in [0.1, 0.15) is 0 Å². The van der Waals surface area contributed by atoms with Crippen molar-refractivity contribution < 1.29 is 4.74 Å². The largest absolute Gasteiger partial charge is 0.480 e. The lowest BCUT2D eigenvalue weighted by Gasteiger charge is -2.09. The summed E-state index contributed by atoms with van der Waals surface area (Å²) >= 11 is 6.02. The first kappa shape index (κ1) is 13.4. The molecule has 100 valence electrons. The summed E-state index contributed by atoms with van der Waals surface area (Å²) in [7, 11) is 1.51. The molecule has 1 aromatic carbocycles. The van der Waals surface area contributed by atoms with Gasteiger partial charge in [-0.05, 0) is 12.1 Å². The number of hydrogen-bond donors (Lipinski definition) is 1. The van der Waals surface area contributed by atoms with E-state index in [9.17, 15) is 4.79 Å². The zero-order valence-corrected chi connectivity index (χ0v) is 11.2. The van der Waals surface area contributed by atoms with Crippen molar-refractivity contribution in [1.29, 1.82) is 0 Å². The van der Waals surface area contributed by atoms with E-state index in [1.165, 1.54) is 17.9 Å². The molecule has 1 aromatic heterocycles. The number of methoxy groups -OCH3 is 1. The van der Waals surface area contributed by atoms with Crippen LogP contribution in [0.4, 0.5) is 5.69 Å². The van der Waals surface area contributed by atoms with E-state index >= 15 is 0 Å². The average molecular weight is 280 g/mol. The lowest BCUT2D eigenvalue weighted by Crippen LogP contribution is -2.25. The zero-order valence-electron chi connectivity index (χ0n) is 10.5. The van der Waals surface area contributed by atoms with Gasteiger partial charge in [0.1, 0.15) is 0 Å². The number of ether oxygens (including phenoxy) is 1. The number of halogens is 1. The molecule has 1 N–H and O–H groups in total. The number of anilines is 1. The summed E-state index contributed by atoms with van der Waals surface area (Å²) < 4.78 is 6.33. The van der Waals surface area contributed by atoms with Crippen LogP contribution in [0, 0.1) is 0 Å². The molecule has 0 aliphatic rings. The number of aromatic nitrogens is 2. The first-order chi connectivity index (χ1) is 9.20. The molecule has 6 heteroatoms. The van der Waals surface area contributed by atoms with Gasteiger partial charge in [0.15, 0.2) is 0 Å². The number of hydrogen-bond acceptors (Lipinski definition) is 4. The molecule has 0 aliphatic carbocycles. The molecule has 0 unspecified atom stereocenters. The van der Waals surface area contributed by atoms with Crippen LogP contribution in [0.25, 0.3) is 0 Å². The number of rotatable bonds is 5. The maximum atomic E-state index is 11.6. The van der Waals surface area contributed by atoms with Crippen molar-refractivity contribution in [3.05, 3.63) is 51.8 Å². The van der Waals surface area contributed by atoms with E-state index in [2.05, 4.69) is 10.4 Å². The lowest BCUT2D eigenvalue weighted by atomic mass is 10.3. The zero-order chi connectivity index (χ0) is 13.7. The van der Waals surface area contributed by atoms with Gasteiger partial charge in [-0.2, -0.15) is 0 Å². The minimum absolute atomic E-state index is 0.165. The SMILES string of the molecule is COc1ccc(=O)n(CCNc2ccccc2Cl)n1. The van der Waals surface area contributed by atoms with E-state index in [-0.39, 0.29) is 5.56 Å². The predicted octanol–water partition coefficient (Wildman–Crippen LogP) is 2.02. The Morgan fingerprint density at radius 3 is 2.84 bits per heavy atom. The predicted molar refractivity (Wildman–Crippen MR) is 75.0 cm³/mol. The molecule has 0 spiro atoms. The summed E-state index contributed by atoms with van der Waals surface area (Å²) in [4.78, 5) is 11.6. The highest BCUT2D eigenvalue weighted by atomic mass is 35.5. The van der Waals surface area contributed by atoms with Gasteiger partial charge in [-0.15, -0.1) is 5.10 Å². The second-order valence-corrected chi connectivity index (χ2v) is 4.25. The van der Waals surface area contributed by atoms with Gasteiger partial charge in [-0.25, -0.2) is 4.68 Å². The van der Waals surface area contributed by atoms with Crippen LogP contribution >= 0.6 is 11.6 Å². The third-order valence-corrected chi connectivity index (χ3v) is 2.89. The monoisotopic (exact) mass is 279 g/mol. The normalized spacial score (nSPS) is 10.2. The summed E-state index contributed by atoms with van der Waals surface area (Å²) in [6.45, 7) is 0.977. The molecule has 2 rings (SSSR count). The minimum Gasteiger partial charge on any atom is -0.480 e. The van der Waals surface area contributed by atoms with E-state index in [4.69, 9.17) is 16.3 Å². The Labute approximate surface area is 115 Å². The van der Waals surface area contributed by atoms with Crippen LogP contribution in [0.5, 0.6) is 5.88 Å². The topological polar surface area (TPSA) is 56.1 Å². The molecular weight excluding hydrogens is 266 g/mol. The Balaban J connectivity index is 2.00. The van der Waals surface area contributed by atoms with E-state index in [0.717, 1.165) is 5.69 Å². The third-order valence-electron chi connectivity index (χ3n) is 2.56. The van der Waals surface area contributed by atoms with Crippen LogP contribution in [-0.4, -0.2) is 23.4 Å². The Morgan fingerprint density at radius 2 is 2.11 bits per heavy atom. The fourth-order valence-corrected chi connectivity index (χ4v) is 1.80. The Bertz CT molecular complexity index is 613. The van der Waals surface area contributed by atoms with E-state index in [1.54, 1.807) is 12.1 Å². The number of nitrogens with one attached hydrogen (secondary N) is 1. The van der Waals surface area contributed by atoms with Crippen LogP contribution in [0.15, 0.2) is 41.2 Å². The van der Waals surface area contributed by atoms with Crippen molar-refractivity contribution in [2.24, 2.45) is 0 Å². The van der Waals surface area contributed by atoms with Gasteiger partial charge in [0.25, 0.3) is 5.56 Å². The molecule has 0 radical (unpaired) electrons. The fraction of sp³-hybridized carbons (Fsp3) is 0.231. The molecule has 19 heavy (non-hydrogen) atoms. The molecule has 2 aromatic rings. The molecule has 0 bridgehead atoms. The third kappa shape index (κ3) is 3.48. The van der Waals surface area contributed by atoms with E-state index in [1.807, 2.05) is 18.2 Å². The fourth-order valence-electron chi connectivity index (χ4n) is 1.60. The maximum Gasteiger partial charge on any atom is 0.267 e. The van der Waals surface area contributed by atoms with Crippen molar-refractivity contribution in [1.82, 2.24) is 9.78 Å². The average Bonchev–Trinajstić information content (AvgIpc) is 2.43. The maximum absolute atomic E-state index is 11.6. The summed E-state index contributed by atoms with van der Waals surface area (Å²) in [5.74, 6) is 0.414. The summed E-state index contributed by atoms with van der Waals surface area (Å²) in [6, 6.07) is 10.4. The standard InChI is InChI=1S/C13H14ClN3O2/c1-19-12-6-7-13(18)17(16-12)9-8-15-11-5-3-2-4-10(11)14/h2-7,15H,8-9H2,1H3. The summed E-state index contributed by atoms with van der Waals surface area (Å²) in [6.07, 6.45) is 0. The first-order valence-electron chi connectivity index (χ1n) is 5.81. The van der Waals surface area contributed by atoms with Gasteiger partial charge < -0.3 is 10.1 Å². The number of para-hydroxylation sites is 1. The summed E-state index contributed by atoms with van der Waals surface area (Å²) in [5.41, 5.74) is 0.668. The number of benzene rings is 1. The van der Waals surface area contributed by atoms with Crippen LogP contribution in [0.2, 0.25) is 5.02 Å². The molecular formula is C13H14ClN3O2. The van der Waals surface area contributed by atoms with Crippen molar-refractivity contribution in [3.63, 3.8) is 0 Å². The van der Waals surface area contributed by atoms with Crippen molar-refractivity contribution in [2.45, 2.75) is 6.54 Å². The van der Waals surface area contributed by atoms with Crippen molar-refractivity contribution >= 4 is 17.3 Å². The Morgan fingerprint density at radius 1 is 1.32 bits per heavy atom. The van der Waals surface area contributed by atoms with Gasteiger partial charge in [0.05, 0.1) is 24.4 Å². The molecule has 0 aliphatic heterocycles. The molecule has 0 atom stereocenters. The highest BCUT2D eigenvalue weighted by Crippen LogP contribution is 2.19. The van der Waals surface area contributed by atoms with Crippen molar-refractivity contribution in [3.8, 4) is 5.88 Å². The van der Waals surface area contributed by atoms with Crippen LogP contribution in [-0.2, 0) is 6.54 Å². The Kier molecular flexibility index (Phi) is 4.41. The van der Waals surface area contributed by atoms with Gasteiger partial charge in [-0.3, -0.25) is 4.79 Å². The quantitative estimate of drug-likeness (QED) is 0.910. The molecule has 0 saturated heterocycles. The molecule has 1 heterocycles. The smallest absolute Gasteiger partial charge is 0.267 e. The van der Waals surface area contributed by atoms with Crippen molar-refractivity contribution in [2.75, 3.05) is 19.0 Å². The second kappa shape index (κ2) is 6.24.